The lowest BCUT2D eigenvalue weighted by Crippen LogP contribution is -2.33. The molecule has 1 saturated heterocycles. The molecule has 1 saturated carbocycles. The van der Waals surface area contributed by atoms with Crippen molar-refractivity contribution in [1.29, 1.82) is 0 Å². The van der Waals surface area contributed by atoms with Crippen molar-refractivity contribution in [2.75, 3.05) is 13.2 Å². The van der Waals surface area contributed by atoms with Crippen molar-refractivity contribution >= 4 is 0 Å². The first-order chi connectivity index (χ1) is 8.81. The molecule has 1 heterocycles. The standard InChI is InChI=1S/C16H23NO/c1-13-4-6-14(7-5-13)11-17(15-8-9-15)12-16-3-2-10-18-16/h4-7,15-16H,2-3,8-12H2,1H3. The number of rotatable bonds is 5. The van der Waals surface area contributed by atoms with Crippen molar-refractivity contribution in [3.63, 3.8) is 0 Å². The van der Waals surface area contributed by atoms with Crippen molar-refractivity contribution < 1.29 is 4.74 Å². The van der Waals surface area contributed by atoms with Gasteiger partial charge in [-0.05, 0) is 38.2 Å². The normalized spacial score (nSPS) is 23.8. The first-order valence-electron chi connectivity index (χ1n) is 7.22. The van der Waals surface area contributed by atoms with E-state index in [9.17, 15) is 0 Å². The molecule has 0 radical (unpaired) electrons. The molecular weight excluding hydrogens is 222 g/mol. The van der Waals surface area contributed by atoms with Crippen molar-refractivity contribution in [3.8, 4) is 0 Å². The van der Waals surface area contributed by atoms with Crippen LogP contribution < -0.4 is 0 Å². The van der Waals surface area contributed by atoms with Gasteiger partial charge in [-0.3, -0.25) is 4.90 Å². The second-order valence-electron chi connectivity index (χ2n) is 5.78. The lowest BCUT2D eigenvalue weighted by Gasteiger charge is -2.25. The molecule has 0 aromatic heterocycles. The minimum atomic E-state index is 0.482. The molecule has 1 unspecified atom stereocenters. The van der Waals surface area contributed by atoms with Gasteiger partial charge in [0.15, 0.2) is 0 Å². The van der Waals surface area contributed by atoms with Gasteiger partial charge in [0.1, 0.15) is 0 Å². The number of hydrogen-bond acceptors (Lipinski definition) is 2. The Balaban J connectivity index is 1.60. The molecule has 98 valence electrons. The van der Waals surface area contributed by atoms with E-state index >= 15 is 0 Å². The van der Waals surface area contributed by atoms with Gasteiger partial charge in [0.25, 0.3) is 0 Å². The highest BCUT2D eigenvalue weighted by atomic mass is 16.5. The molecular formula is C16H23NO. The summed E-state index contributed by atoms with van der Waals surface area (Å²) >= 11 is 0. The number of nitrogens with zero attached hydrogens (tertiary/aromatic N) is 1. The maximum atomic E-state index is 5.78. The molecule has 0 spiro atoms. The van der Waals surface area contributed by atoms with Crippen LogP contribution in [-0.2, 0) is 11.3 Å². The van der Waals surface area contributed by atoms with Gasteiger partial charge >= 0.3 is 0 Å². The third kappa shape index (κ3) is 3.12. The minimum Gasteiger partial charge on any atom is -0.377 e. The summed E-state index contributed by atoms with van der Waals surface area (Å²) in [5.74, 6) is 0. The number of benzene rings is 1. The second kappa shape index (κ2) is 5.41. The zero-order chi connectivity index (χ0) is 12.4. The smallest absolute Gasteiger partial charge is 0.0703 e. The van der Waals surface area contributed by atoms with Crippen LogP contribution in [0.5, 0.6) is 0 Å². The molecule has 1 aliphatic carbocycles. The summed E-state index contributed by atoms with van der Waals surface area (Å²) in [5, 5.41) is 0. The minimum absolute atomic E-state index is 0.482. The van der Waals surface area contributed by atoms with Crippen LogP contribution in [0.25, 0.3) is 0 Å². The molecule has 1 aromatic rings. The van der Waals surface area contributed by atoms with E-state index in [0.717, 1.165) is 25.7 Å². The summed E-state index contributed by atoms with van der Waals surface area (Å²) in [6.45, 7) is 5.33. The summed E-state index contributed by atoms with van der Waals surface area (Å²) in [4.78, 5) is 2.63. The van der Waals surface area contributed by atoms with E-state index in [2.05, 4.69) is 36.1 Å². The van der Waals surface area contributed by atoms with E-state index in [1.54, 1.807) is 0 Å². The van der Waals surface area contributed by atoms with Gasteiger partial charge < -0.3 is 4.74 Å². The Morgan fingerprint density at radius 2 is 1.94 bits per heavy atom. The fourth-order valence-corrected chi connectivity index (χ4v) is 2.76. The molecule has 0 N–H and O–H groups in total. The molecule has 1 aliphatic heterocycles. The predicted octanol–water partition coefficient (Wildman–Crippen LogP) is 3.14. The van der Waals surface area contributed by atoms with Gasteiger partial charge in [0.2, 0.25) is 0 Å². The summed E-state index contributed by atoms with van der Waals surface area (Å²) in [5.41, 5.74) is 2.78. The van der Waals surface area contributed by atoms with Crippen LogP contribution >= 0.6 is 0 Å². The molecule has 18 heavy (non-hydrogen) atoms. The molecule has 2 fully saturated rings. The number of ether oxygens (including phenoxy) is 1. The Morgan fingerprint density at radius 1 is 1.17 bits per heavy atom. The molecule has 2 aliphatic rings. The topological polar surface area (TPSA) is 12.5 Å². The molecule has 2 heteroatoms. The van der Waals surface area contributed by atoms with Crippen molar-refractivity contribution in [2.24, 2.45) is 0 Å². The summed E-state index contributed by atoms with van der Waals surface area (Å²) < 4.78 is 5.78. The average Bonchev–Trinajstić information content (AvgIpc) is 3.10. The van der Waals surface area contributed by atoms with Crippen LogP contribution in [0.15, 0.2) is 24.3 Å². The largest absolute Gasteiger partial charge is 0.377 e. The van der Waals surface area contributed by atoms with Crippen LogP contribution in [0.4, 0.5) is 0 Å². The van der Waals surface area contributed by atoms with E-state index in [4.69, 9.17) is 4.74 Å². The fraction of sp³-hybridized carbons (Fsp3) is 0.625. The van der Waals surface area contributed by atoms with Crippen LogP contribution in [0, 0.1) is 6.92 Å². The first kappa shape index (κ1) is 12.2. The molecule has 1 atom stereocenters. The first-order valence-corrected chi connectivity index (χ1v) is 7.22. The van der Waals surface area contributed by atoms with Crippen LogP contribution in [0.2, 0.25) is 0 Å². The lowest BCUT2D eigenvalue weighted by atomic mass is 10.1. The third-order valence-corrected chi connectivity index (χ3v) is 4.03. The van der Waals surface area contributed by atoms with Gasteiger partial charge in [-0.1, -0.05) is 29.8 Å². The molecule has 0 amide bonds. The maximum Gasteiger partial charge on any atom is 0.0703 e. The highest BCUT2D eigenvalue weighted by Crippen LogP contribution is 2.29. The zero-order valence-corrected chi connectivity index (χ0v) is 11.3. The molecule has 1 aromatic carbocycles. The van der Waals surface area contributed by atoms with Crippen LogP contribution in [-0.4, -0.2) is 30.2 Å². The van der Waals surface area contributed by atoms with E-state index in [1.807, 2.05) is 0 Å². The van der Waals surface area contributed by atoms with Crippen molar-refractivity contribution in [2.45, 2.75) is 51.3 Å². The third-order valence-electron chi connectivity index (χ3n) is 4.03. The van der Waals surface area contributed by atoms with E-state index < -0.39 is 0 Å². The Morgan fingerprint density at radius 3 is 2.56 bits per heavy atom. The Bertz CT molecular complexity index is 377. The van der Waals surface area contributed by atoms with Gasteiger partial charge in [0.05, 0.1) is 6.10 Å². The number of aryl methyl sites for hydroxylation is 1. The van der Waals surface area contributed by atoms with E-state index in [1.165, 1.54) is 36.8 Å². The van der Waals surface area contributed by atoms with Gasteiger partial charge in [-0.2, -0.15) is 0 Å². The van der Waals surface area contributed by atoms with Gasteiger partial charge in [-0.15, -0.1) is 0 Å². The highest BCUT2D eigenvalue weighted by molar-refractivity contribution is 5.21. The Kier molecular flexibility index (Phi) is 3.67. The highest BCUT2D eigenvalue weighted by Gasteiger charge is 2.31. The van der Waals surface area contributed by atoms with Gasteiger partial charge in [0, 0.05) is 25.7 Å². The monoisotopic (exact) mass is 245 g/mol. The quantitative estimate of drug-likeness (QED) is 0.790. The van der Waals surface area contributed by atoms with Gasteiger partial charge in [-0.25, -0.2) is 0 Å². The molecule has 3 rings (SSSR count). The summed E-state index contributed by atoms with van der Waals surface area (Å²) in [7, 11) is 0. The van der Waals surface area contributed by atoms with E-state index in [-0.39, 0.29) is 0 Å². The molecule has 2 nitrogen and oxygen atoms in total. The fourth-order valence-electron chi connectivity index (χ4n) is 2.76. The summed E-state index contributed by atoms with van der Waals surface area (Å²) in [6.07, 6.45) is 5.72. The lowest BCUT2D eigenvalue weighted by molar-refractivity contribution is 0.0677. The summed E-state index contributed by atoms with van der Waals surface area (Å²) in [6, 6.07) is 9.77. The zero-order valence-electron chi connectivity index (χ0n) is 11.3. The molecule has 0 bridgehead atoms. The SMILES string of the molecule is Cc1ccc(CN(CC2CCCO2)C2CC2)cc1. The van der Waals surface area contributed by atoms with Crippen molar-refractivity contribution in [1.82, 2.24) is 4.90 Å². The predicted molar refractivity (Wildman–Crippen MR) is 73.6 cm³/mol. The van der Waals surface area contributed by atoms with Crippen molar-refractivity contribution in [3.05, 3.63) is 35.4 Å². The van der Waals surface area contributed by atoms with Crippen LogP contribution in [0.3, 0.4) is 0 Å². The Labute approximate surface area is 110 Å². The average molecular weight is 245 g/mol. The number of hydrogen-bond donors (Lipinski definition) is 0. The Hall–Kier alpha value is -0.860. The van der Waals surface area contributed by atoms with Crippen LogP contribution in [0.1, 0.15) is 36.8 Å². The maximum absolute atomic E-state index is 5.78. The second-order valence-corrected chi connectivity index (χ2v) is 5.78. The van der Waals surface area contributed by atoms with E-state index in [0.29, 0.717) is 6.10 Å².